The number of fused-ring (bicyclic) bond motifs is 1. The minimum absolute atomic E-state index is 0.880. The molecule has 0 saturated heterocycles. The number of hydrogen-bond acceptors (Lipinski definition) is 1. The van der Waals surface area contributed by atoms with Crippen LogP contribution in [0.1, 0.15) is 35.4 Å². The summed E-state index contributed by atoms with van der Waals surface area (Å²) in [5.74, 6) is 0.880. The maximum atomic E-state index is 4.74. The van der Waals surface area contributed by atoms with Crippen molar-refractivity contribution < 1.29 is 0 Å². The van der Waals surface area contributed by atoms with Crippen molar-refractivity contribution in [1.82, 2.24) is 9.55 Å². The van der Waals surface area contributed by atoms with Crippen LogP contribution < -0.4 is 0 Å². The van der Waals surface area contributed by atoms with Gasteiger partial charge in [-0.2, -0.15) is 0 Å². The molecule has 0 N–H and O–H groups in total. The van der Waals surface area contributed by atoms with Crippen LogP contribution in [-0.2, 0) is 19.4 Å². The molecule has 23 heavy (non-hydrogen) atoms. The van der Waals surface area contributed by atoms with Gasteiger partial charge in [-0.3, -0.25) is 4.98 Å². The summed E-state index contributed by atoms with van der Waals surface area (Å²) in [4.78, 5) is 4.74. The van der Waals surface area contributed by atoms with Gasteiger partial charge in [0.05, 0.1) is 11.2 Å². The van der Waals surface area contributed by atoms with E-state index in [0.717, 1.165) is 18.8 Å². The summed E-state index contributed by atoms with van der Waals surface area (Å²) in [6.45, 7) is 5.68. The molecule has 4 rings (SSSR count). The Kier molecular flexibility index (Phi) is 3.68. The van der Waals surface area contributed by atoms with E-state index in [1.807, 2.05) is 6.20 Å². The largest absolute Gasteiger partial charge is 0.343 e. The van der Waals surface area contributed by atoms with Crippen molar-refractivity contribution >= 4 is 10.9 Å². The summed E-state index contributed by atoms with van der Waals surface area (Å²) in [7, 11) is 0. The van der Waals surface area contributed by atoms with Gasteiger partial charge in [0, 0.05) is 23.8 Å². The van der Waals surface area contributed by atoms with E-state index in [2.05, 4.69) is 54.8 Å². The second-order valence-electron chi connectivity index (χ2n) is 6.90. The molecule has 1 aliphatic rings. The summed E-state index contributed by atoms with van der Waals surface area (Å²) in [5, 5.41) is 1.39. The van der Waals surface area contributed by atoms with Crippen LogP contribution in [-0.4, -0.2) is 9.55 Å². The molecule has 2 nitrogen and oxygen atoms in total. The standard InChI is InChI=1S/C21H24N2/c1-15-16(2)23(14-18-8-9-18)21-19(15)12-13-22-20(21)11-10-17-6-4-3-5-7-17/h3-7,12-13,18H,8-11,14H2,1-2H3. The fourth-order valence-electron chi connectivity index (χ4n) is 3.54. The van der Waals surface area contributed by atoms with E-state index in [9.17, 15) is 0 Å². The smallest absolute Gasteiger partial charge is 0.0704 e. The molecule has 0 atom stereocenters. The first-order valence-corrected chi connectivity index (χ1v) is 8.71. The first kappa shape index (κ1) is 14.5. The number of hydrogen-bond donors (Lipinski definition) is 0. The number of aromatic nitrogens is 2. The van der Waals surface area contributed by atoms with E-state index in [1.165, 1.54) is 52.8 Å². The Morgan fingerprint density at radius 3 is 2.57 bits per heavy atom. The van der Waals surface area contributed by atoms with Crippen LogP contribution in [0.25, 0.3) is 10.9 Å². The van der Waals surface area contributed by atoms with Crippen molar-refractivity contribution in [3.63, 3.8) is 0 Å². The van der Waals surface area contributed by atoms with Gasteiger partial charge in [-0.05, 0) is 62.6 Å². The van der Waals surface area contributed by atoms with E-state index >= 15 is 0 Å². The van der Waals surface area contributed by atoms with Crippen molar-refractivity contribution in [3.8, 4) is 0 Å². The van der Waals surface area contributed by atoms with Gasteiger partial charge in [0.2, 0.25) is 0 Å². The lowest BCUT2D eigenvalue weighted by Gasteiger charge is -2.11. The van der Waals surface area contributed by atoms with Gasteiger partial charge in [0.15, 0.2) is 0 Å². The Labute approximate surface area is 138 Å². The fraction of sp³-hybridized carbons (Fsp3) is 0.381. The average molecular weight is 304 g/mol. The van der Waals surface area contributed by atoms with Crippen LogP contribution in [0.5, 0.6) is 0 Å². The van der Waals surface area contributed by atoms with Crippen molar-refractivity contribution in [2.45, 2.75) is 46.1 Å². The zero-order chi connectivity index (χ0) is 15.8. The molecule has 0 bridgehead atoms. The number of pyridine rings is 1. The first-order chi connectivity index (χ1) is 11.2. The molecule has 0 spiro atoms. The Morgan fingerprint density at radius 1 is 1.04 bits per heavy atom. The predicted octanol–water partition coefficient (Wildman–Crippen LogP) is 4.85. The molecule has 3 aromatic rings. The number of nitrogens with zero attached hydrogens (tertiary/aromatic N) is 2. The molecule has 2 heterocycles. The molecule has 2 heteroatoms. The van der Waals surface area contributed by atoms with Crippen molar-refractivity contribution in [2.24, 2.45) is 5.92 Å². The van der Waals surface area contributed by atoms with Crippen LogP contribution in [0.3, 0.4) is 0 Å². The predicted molar refractivity (Wildman–Crippen MR) is 95.8 cm³/mol. The molecule has 0 unspecified atom stereocenters. The minimum Gasteiger partial charge on any atom is -0.343 e. The van der Waals surface area contributed by atoms with Crippen LogP contribution >= 0.6 is 0 Å². The van der Waals surface area contributed by atoms with Gasteiger partial charge in [0.25, 0.3) is 0 Å². The molecule has 1 fully saturated rings. The van der Waals surface area contributed by atoms with Crippen molar-refractivity contribution in [1.29, 1.82) is 0 Å². The van der Waals surface area contributed by atoms with Gasteiger partial charge in [0.1, 0.15) is 0 Å². The third-order valence-corrected chi connectivity index (χ3v) is 5.25. The Balaban J connectivity index is 1.72. The highest BCUT2D eigenvalue weighted by Crippen LogP contribution is 2.35. The van der Waals surface area contributed by atoms with Gasteiger partial charge in [-0.15, -0.1) is 0 Å². The fourth-order valence-corrected chi connectivity index (χ4v) is 3.54. The van der Waals surface area contributed by atoms with Crippen molar-refractivity contribution in [3.05, 3.63) is 65.1 Å². The summed E-state index contributed by atoms with van der Waals surface area (Å²) in [6, 6.07) is 12.9. The summed E-state index contributed by atoms with van der Waals surface area (Å²) >= 11 is 0. The molecular formula is C21H24N2. The van der Waals surface area contributed by atoms with E-state index in [0.29, 0.717) is 0 Å². The van der Waals surface area contributed by atoms with Crippen molar-refractivity contribution in [2.75, 3.05) is 0 Å². The topological polar surface area (TPSA) is 17.8 Å². The number of benzene rings is 1. The third kappa shape index (κ3) is 2.78. The zero-order valence-corrected chi connectivity index (χ0v) is 14.0. The highest BCUT2D eigenvalue weighted by Gasteiger charge is 2.24. The molecule has 118 valence electrons. The van der Waals surface area contributed by atoms with Crippen LogP contribution in [0.2, 0.25) is 0 Å². The SMILES string of the molecule is Cc1c(C)n(CC2CC2)c2c(CCc3ccccc3)nccc12. The van der Waals surface area contributed by atoms with Gasteiger partial charge >= 0.3 is 0 Å². The lowest BCUT2D eigenvalue weighted by atomic mass is 10.1. The normalized spacial score (nSPS) is 14.5. The highest BCUT2D eigenvalue weighted by molar-refractivity contribution is 5.87. The number of aryl methyl sites for hydroxylation is 3. The summed E-state index contributed by atoms with van der Waals surface area (Å²) < 4.78 is 2.54. The zero-order valence-electron chi connectivity index (χ0n) is 14.0. The maximum absolute atomic E-state index is 4.74. The molecule has 2 aromatic heterocycles. The van der Waals surface area contributed by atoms with Gasteiger partial charge < -0.3 is 4.57 Å². The van der Waals surface area contributed by atoms with E-state index in [1.54, 1.807) is 0 Å². The molecule has 0 amide bonds. The minimum atomic E-state index is 0.880. The van der Waals surface area contributed by atoms with Crippen LogP contribution in [0.4, 0.5) is 0 Å². The monoisotopic (exact) mass is 304 g/mol. The summed E-state index contributed by atoms with van der Waals surface area (Å²) in [5.41, 5.74) is 6.86. The Hall–Kier alpha value is -2.09. The van der Waals surface area contributed by atoms with E-state index in [-0.39, 0.29) is 0 Å². The number of rotatable bonds is 5. The average Bonchev–Trinajstić information content (AvgIpc) is 3.37. The maximum Gasteiger partial charge on any atom is 0.0704 e. The quantitative estimate of drug-likeness (QED) is 0.659. The van der Waals surface area contributed by atoms with Crippen LogP contribution in [0, 0.1) is 19.8 Å². The molecule has 1 aliphatic carbocycles. The Morgan fingerprint density at radius 2 is 1.83 bits per heavy atom. The second kappa shape index (κ2) is 5.84. The molecule has 1 aromatic carbocycles. The Bertz CT molecular complexity index is 826. The van der Waals surface area contributed by atoms with Gasteiger partial charge in [-0.1, -0.05) is 30.3 Å². The lowest BCUT2D eigenvalue weighted by Crippen LogP contribution is -2.05. The third-order valence-electron chi connectivity index (χ3n) is 5.25. The second-order valence-corrected chi connectivity index (χ2v) is 6.90. The summed E-state index contributed by atoms with van der Waals surface area (Å²) in [6.07, 6.45) is 6.82. The molecule has 0 radical (unpaired) electrons. The molecule has 0 aliphatic heterocycles. The highest BCUT2D eigenvalue weighted by atomic mass is 15.0. The lowest BCUT2D eigenvalue weighted by molar-refractivity contribution is 0.629. The molecular weight excluding hydrogens is 280 g/mol. The molecule has 1 saturated carbocycles. The van der Waals surface area contributed by atoms with E-state index < -0.39 is 0 Å². The van der Waals surface area contributed by atoms with Crippen LogP contribution in [0.15, 0.2) is 42.6 Å². The van der Waals surface area contributed by atoms with Gasteiger partial charge in [-0.25, -0.2) is 0 Å². The van der Waals surface area contributed by atoms with E-state index in [4.69, 9.17) is 4.98 Å². The first-order valence-electron chi connectivity index (χ1n) is 8.71.